The largest absolute Gasteiger partial charge is 0.395 e. The molecule has 0 aliphatic heterocycles. The van der Waals surface area contributed by atoms with E-state index in [1.165, 1.54) is 12.4 Å². The molecule has 9 heteroatoms. The summed E-state index contributed by atoms with van der Waals surface area (Å²) in [5.41, 5.74) is 0. The van der Waals surface area contributed by atoms with Crippen LogP contribution in [0.4, 0.5) is 8.78 Å². The van der Waals surface area contributed by atoms with Gasteiger partial charge in [0.15, 0.2) is 0 Å². The van der Waals surface area contributed by atoms with Crippen LogP contribution < -0.4 is 0 Å². The molecule has 0 saturated heterocycles. The summed E-state index contributed by atoms with van der Waals surface area (Å²) >= 11 is 0.937. The molecule has 0 spiro atoms. The number of hydrogen-bond acceptors (Lipinski definition) is 6. The molecule has 0 radical (unpaired) electrons. The summed E-state index contributed by atoms with van der Waals surface area (Å²) in [6, 6.07) is 0. The summed E-state index contributed by atoms with van der Waals surface area (Å²) in [6.07, 6.45) is 3.55. The number of halogens is 2. The maximum atomic E-state index is 11.9. The van der Waals surface area contributed by atoms with Crippen LogP contribution in [0.25, 0.3) is 0 Å². The maximum absolute atomic E-state index is 11.9. The summed E-state index contributed by atoms with van der Waals surface area (Å²) < 4.78 is 47.4. The number of thiazole rings is 1. The third-order valence-electron chi connectivity index (χ3n) is 2.72. The van der Waals surface area contributed by atoms with E-state index in [2.05, 4.69) is 10.1 Å². The monoisotopic (exact) mass is 336 g/mol. The molecule has 0 atom stereocenters. The maximum Gasteiger partial charge on any atom is 0.266 e. The number of aromatic nitrogens is 1. The Morgan fingerprint density at radius 3 is 2.95 bits per heavy atom. The van der Waals surface area contributed by atoms with Crippen LogP contribution in [0.15, 0.2) is 27.8 Å². The number of rotatable bonds is 8. The molecule has 1 fully saturated rings. The van der Waals surface area contributed by atoms with Gasteiger partial charge in [0.2, 0.25) is 14.2 Å². The van der Waals surface area contributed by atoms with Gasteiger partial charge < -0.3 is 4.84 Å². The van der Waals surface area contributed by atoms with Gasteiger partial charge in [-0.3, -0.25) is 0 Å². The SMILES string of the molecule is O=S(=O)(CCC=C(F)F)c1ncc(C=NOCC2CC2)s1. The molecule has 5 nitrogen and oxygen atoms in total. The first-order valence-corrected chi connectivity index (χ1v) is 8.79. The Labute approximate surface area is 125 Å². The lowest BCUT2D eigenvalue weighted by Gasteiger charge is -1.96. The predicted octanol–water partition coefficient (Wildman–Crippen LogP) is 2.85. The number of sulfone groups is 1. The zero-order valence-electron chi connectivity index (χ0n) is 11.0. The first-order chi connectivity index (χ1) is 9.97. The third kappa shape index (κ3) is 5.50. The highest BCUT2D eigenvalue weighted by molar-refractivity contribution is 7.93. The lowest BCUT2D eigenvalue weighted by molar-refractivity contribution is 0.135. The van der Waals surface area contributed by atoms with Crippen LogP contribution in [0.2, 0.25) is 0 Å². The molecule has 0 bridgehead atoms. The summed E-state index contributed by atoms with van der Waals surface area (Å²) in [4.78, 5) is 9.38. The van der Waals surface area contributed by atoms with Gasteiger partial charge in [0.25, 0.3) is 6.08 Å². The van der Waals surface area contributed by atoms with Crippen molar-refractivity contribution < 1.29 is 22.0 Å². The molecule has 1 aromatic heterocycles. The first-order valence-electron chi connectivity index (χ1n) is 6.32. The quantitative estimate of drug-likeness (QED) is 0.541. The minimum absolute atomic E-state index is 0.0983. The van der Waals surface area contributed by atoms with Crippen LogP contribution in [-0.2, 0) is 14.7 Å². The van der Waals surface area contributed by atoms with Crippen molar-refractivity contribution >= 4 is 27.4 Å². The molecular weight excluding hydrogens is 322 g/mol. The molecule has 0 aromatic carbocycles. The molecule has 1 aliphatic rings. The smallest absolute Gasteiger partial charge is 0.266 e. The van der Waals surface area contributed by atoms with Gasteiger partial charge in [0, 0.05) is 6.20 Å². The van der Waals surface area contributed by atoms with Gasteiger partial charge in [-0.1, -0.05) is 5.16 Å². The number of oxime groups is 1. The van der Waals surface area contributed by atoms with Crippen LogP contribution in [0.1, 0.15) is 24.1 Å². The van der Waals surface area contributed by atoms with Crippen molar-refractivity contribution in [1.29, 1.82) is 0 Å². The highest BCUT2D eigenvalue weighted by Crippen LogP contribution is 2.28. The molecule has 21 heavy (non-hydrogen) atoms. The lowest BCUT2D eigenvalue weighted by atomic mass is 10.5. The van der Waals surface area contributed by atoms with E-state index in [0.29, 0.717) is 23.5 Å². The van der Waals surface area contributed by atoms with Crippen molar-refractivity contribution in [2.75, 3.05) is 12.4 Å². The minimum Gasteiger partial charge on any atom is -0.395 e. The van der Waals surface area contributed by atoms with Crippen molar-refractivity contribution in [1.82, 2.24) is 4.98 Å². The predicted molar refractivity (Wildman–Crippen MR) is 75.4 cm³/mol. The fraction of sp³-hybridized carbons (Fsp3) is 0.500. The second kappa shape index (κ2) is 7.08. The average Bonchev–Trinajstić information content (AvgIpc) is 3.10. The van der Waals surface area contributed by atoms with Crippen LogP contribution in [0.3, 0.4) is 0 Å². The first kappa shape index (κ1) is 16.0. The van der Waals surface area contributed by atoms with Gasteiger partial charge in [-0.15, -0.1) is 11.3 Å². The van der Waals surface area contributed by atoms with Crippen molar-refractivity contribution in [2.45, 2.75) is 23.6 Å². The summed E-state index contributed by atoms with van der Waals surface area (Å²) in [7, 11) is -3.64. The molecule has 1 aliphatic carbocycles. The zero-order chi connectivity index (χ0) is 15.3. The second-order valence-corrected chi connectivity index (χ2v) is 7.95. The zero-order valence-corrected chi connectivity index (χ0v) is 12.7. The highest BCUT2D eigenvalue weighted by atomic mass is 32.2. The molecule has 1 heterocycles. The van der Waals surface area contributed by atoms with E-state index >= 15 is 0 Å². The lowest BCUT2D eigenvalue weighted by Crippen LogP contribution is -2.05. The average molecular weight is 336 g/mol. The molecular formula is C12H14F2N2O3S2. The Kier molecular flexibility index (Phi) is 5.40. The Bertz CT molecular complexity index is 633. The fourth-order valence-corrected chi connectivity index (χ4v) is 3.78. The Balaban J connectivity index is 1.89. The molecule has 0 amide bonds. The van der Waals surface area contributed by atoms with Gasteiger partial charge in [0.05, 0.1) is 16.8 Å². The number of hydrogen-bond donors (Lipinski definition) is 0. The Morgan fingerprint density at radius 1 is 1.52 bits per heavy atom. The molecule has 2 rings (SSSR count). The van der Waals surface area contributed by atoms with E-state index in [1.54, 1.807) is 0 Å². The van der Waals surface area contributed by atoms with E-state index in [1.807, 2.05) is 0 Å². The van der Waals surface area contributed by atoms with E-state index in [-0.39, 0.29) is 10.8 Å². The van der Waals surface area contributed by atoms with Gasteiger partial charge in [-0.2, -0.15) is 8.78 Å². The minimum atomic E-state index is -3.64. The molecule has 116 valence electrons. The normalized spacial score (nSPS) is 15.3. The Morgan fingerprint density at radius 2 is 2.29 bits per heavy atom. The van der Waals surface area contributed by atoms with Gasteiger partial charge in [-0.25, -0.2) is 13.4 Å². The van der Waals surface area contributed by atoms with E-state index < -0.39 is 21.7 Å². The van der Waals surface area contributed by atoms with Crippen LogP contribution >= 0.6 is 11.3 Å². The Hall–Kier alpha value is -1.35. The van der Waals surface area contributed by atoms with Crippen molar-refractivity contribution in [3.63, 3.8) is 0 Å². The number of nitrogens with zero attached hydrogens (tertiary/aromatic N) is 2. The van der Waals surface area contributed by atoms with E-state index in [4.69, 9.17) is 4.84 Å². The third-order valence-corrected chi connectivity index (χ3v) is 5.86. The van der Waals surface area contributed by atoms with Gasteiger partial charge in [0.1, 0.15) is 6.61 Å². The summed E-state index contributed by atoms with van der Waals surface area (Å²) in [5.74, 6) is 0.190. The van der Waals surface area contributed by atoms with Crippen LogP contribution in [0, 0.1) is 5.92 Å². The van der Waals surface area contributed by atoms with Crippen LogP contribution in [-0.4, -0.2) is 32.0 Å². The molecule has 1 saturated carbocycles. The van der Waals surface area contributed by atoms with Crippen molar-refractivity contribution in [2.24, 2.45) is 11.1 Å². The van der Waals surface area contributed by atoms with Crippen molar-refractivity contribution in [3.8, 4) is 0 Å². The number of allylic oxidation sites excluding steroid dienone is 1. The standard InChI is InChI=1S/C12H14F2N2O3S2/c13-11(14)2-1-5-21(17,18)12-15-6-10(20-12)7-16-19-8-9-3-4-9/h2,6-7,9H,1,3-5,8H2. The van der Waals surface area contributed by atoms with E-state index in [0.717, 1.165) is 24.2 Å². The molecule has 1 aromatic rings. The van der Waals surface area contributed by atoms with Gasteiger partial charge >= 0.3 is 0 Å². The second-order valence-electron chi connectivity index (χ2n) is 4.60. The molecule has 0 unspecified atom stereocenters. The highest BCUT2D eigenvalue weighted by Gasteiger charge is 2.22. The van der Waals surface area contributed by atoms with Crippen LogP contribution in [0.5, 0.6) is 0 Å². The van der Waals surface area contributed by atoms with Gasteiger partial charge in [-0.05, 0) is 31.3 Å². The summed E-state index contributed by atoms with van der Waals surface area (Å²) in [6.45, 7) is 0.571. The van der Waals surface area contributed by atoms with E-state index in [9.17, 15) is 17.2 Å². The topological polar surface area (TPSA) is 68.6 Å². The molecule has 0 N–H and O–H groups in total. The summed E-state index contributed by atoms with van der Waals surface area (Å²) in [5, 5.41) is 3.74. The van der Waals surface area contributed by atoms with Crippen molar-refractivity contribution in [3.05, 3.63) is 23.2 Å². The fourth-order valence-electron chi connectivity index (χ4n) is 1.41.